The Hall–Kier alpha value is -1.70. The number of sulfonamides is 1. The van der Waals surface area contributed by atoms with Crippen molar-refractivity contribution >= 4 is 10.0 Å². The van der Waals surface area contributed by atoms with E-state index in [9.17, 15) is 13.5 Å². The van der Waals surface area contributed by atoms with E-state index in [0.717, 1.165) is 12.8 Å². The molecule has 2 aliphatic rings. The number of piperazine rings is 1. The van der Waals surface area contributed by atoms with Crippen LogP contribution < -0.4 is 0 Å². The Morgan fingerprint density at radius 2 is 1.96 bits per heavy atom. The number of aromatic nitrogens is 1. The highest BCUT2D eigenvalue weighted by atomic mass is 32.2. The van der Waals surface area contributed by atoms with Crippen LogP contribution in [0.1, 0.15) is 18.5 Å². The topological polar surface area (TPSA) is 73.7 Å². The van der Waals surface area contributed by atoms with Crippen molar-refractivity contribution in [2.24, 2.45) is 0 Å². The number of hydrogen-bond donors (Lipinski definition) is 1. The molecule has 1 aliphatic carbocycles. The highest BCUT2D eigenvalue weighted by Crippen LogP contribution is 2.22. The summed E-state index contributed by atoms with van der Waals surface area (Å²) in [5.74, 6) is 0.181. The quantitative estimate of drug-likeness (QED) is 0.902. The van der Waals surface area contributed by atoms with Crippen molar-refractivity contribution in [3.63, 3.8) is 0 Å². The van der Waals surface area contributed by atoms with Crippen LogP contribution in [0.15, 0.2) is 41.5 Å². The second kappa shape index (κ2) is 6.82. The van der Waals surface area contributed by atoms with Gasteiger partial charge in [-0.2, -0.15) is 4.31 Å². The lowest BCUT2D eigenvalue weighted by atomic mass is 10.2. The fourth-order valence-corrected chi connectivity index (χ4v) is 4.36. The third-order valence-corrected chi connectivity index (χ3v) is 6.11. The Kier molecular flexibility index (Phi) is 4.79. The van der Waals surface area contributed by atoms with E-state index in [1.165, 1.54) is 0 Å². The molecule has 0 radical (unpaired) electrons. The monoisotopic (exact) mass is 335 g/mol. The van der Waals surface area contributed by atoms with Crippen molar-refractivity contribution < 1.29 is 13.5 Å². The number of pyridine rings is 1. The second-order valence-corrected chi connectivity index (χ2v) is 7.67. The smallest absolute Gasteiger partial charge is 0.242 e. The van der Waals surface area contributed by atoms with Gasteiger partial charge in [-0.15, -0.1) is 0 Å². The van der Waals surface area contributed by atoms with E-state index < -0.39 is 10.0 Å². The number of hydrogen-bond acceptors (Lipinski definition) is 5. The molecule has 3 rings (SSSR count). The molecule has 1 N–H and O–H groups in total. The van der Waals surface area contributed by atoms with E-state index in [1.54, 1.807) is 34.8 Å². The van der Waals surface area contributed by atoms with Crippen molar-refractivity contribution in [2.75, 3.05) is 26.2 Å². The number of rotatable bonds is 4. The molecular formula is C16H21N3O3S. The highest BCUT2D eigenvalue weighted by Gasteiger charge is 2.29. The fourth-order valence-electron chi connectivity index (χ4n) is 2.82. The zero-order valence-corrected chi connectivity index (χ0v) is 13.7. The number of aromatic hydroxyl groups is 1. The van der Waals surface area contributed by atoms with Crippen LogP contribution in [0, 0.1) is 0 Å². The molecule has 0 unspecified atom stereocenters. The van der Waals surface area contributed by atoms with Gasteiger partial charge in [-0.05, 0) is 31.1 Å². The van der Waals surface area contributed by atoms with E-state index >= 15 is 0 Å². The average Bonchev–Trinajstić information content (AvgIpc) is 2.58. The predicted octanol–water partition coefficient (Wildman–Crippen LogP) is 1.47. The number of nitrogens with zero attached hydrogens (tertiary/aromatic N) is 3. The summed E-state index contributed by atoms with van der Waals surface area (Å²) in [7, 11) is -3.37. The Morgan fingerprint density at radius 3 is 2.61 bits per heavy atom. The maximum absolute atomic E-state index is 12.6. The Balaban J connectivity index is 1.61. The molecule has 0 atom stereocenters. The van der Waals surface area contributed by atoms with Gasteiger partial charge < -0.3 is 5.11 Å². The normalized spacial score (nSPS) is 20.4. The molecule has 0 spiro atoms. The third kappa shape index (κ3) is 3.63. The Morgan fingerprint density at radius 1 is 1.17 bits per heavy atom. The van der Waals surface area contributed by atoms with Gasteiger partial charge in [0.2, 0.25) is 10.0 Å². The van der Waals surface area contributed by atoms with Crippen molar-refractivity contribution in [3.05, 3.63) is 47.2 Å². The first kappa shape index (κ1) is 16.2. The molecule has 124 valence electrons. The van der Waals surface area contributed by atoms with Crippen LogP contribution in [0.25, 0.3) is 0 Å². The van der Waals surface area contributed by atoms with Crippen LogP contribution in [-0.4, -0.2) is 53.9 Å². The second-order valence-electron chi connectivity index (χ2n) is 5.74. The summed E-state index contributed by atoms with van der Waals surface area (Å²) in [6.45, 7) is 2.71. The van der Waals surface area contributed by atoms with Gasteiger partial charge in [0.25, 0.3) is 0 Å². The summed E-state index contributed by atoms with van der Waals surface area (Å²) in [4.78, 5) is 6.70. The molecule has 0 bridgehead atoms. The van der Waals surface area contributed by atoms with Gasteiger partial charge in [0.05, 0.1) is 10.6 Å². The SMILES string of the molecule is O=S(=O)(C1=CCCC=C1)N1CCN(Cc2ncccc2O)CC1. The molecule has 1 aromatic heterocycles. The minimum absolute atomic E-state index is 0.181. The third-order valence-electron chi connectivity index (χ3n) is 4.17. The van der Waals surface area contributed by atoms with E-state index in [0.29, 0.717) is 43.3 Å². The molecule has 1 saturated heterocycles. The minimum Gasteiger partial charge on any atom is -0.506 e. The maximum Gasteiger partial charge on any atom is 0.242 e. The van der Waals surface area contributed by atoms with Gasteiger partial charge in [-0.1, -0.05) is 12.2 Å². The van der Waals surface area contributed by atoms with Crippen molar-refractivity contribution in [1.29, 1.82) is 0 Å². The largest absolute Gasteiger partial charge is 0.506 e. The summed E-state index contributed by atoms with van der Waals surface area (Å²) < 4.78 is 26.7. The van der Waals surface area contributed by atoms with Crippen LogP contribution in [-0.2, 0) is 16.6 Å². The lowest BCUT2D eigenvalue weighted by Gasteiger charge is -2.34. The Bertz CT molecular complexity index is 720. The highest BCUT2D eigenvalue weighted by molar-refractivity contribution is 7.93. The van der Waals surface area contributed by atoms with Gasteiger partial charge in [0, 0.05) is 38.9 Å². The molecule has 0 aromatic carbocycles. The van der Waals surface area contributed by atoms with Crippen LogP contribution in [0.2, 0.25) is 0 Å². The molecule has 1 aromatic rings. The molecule has 1 aliphatic heterocycles. The molecule has 23 heavy (non-hydrogen) atoms. The minimum atomic E-state index is -3.37. The summed E-state index contributed by atoms with van der Waals surface area (Å²) >= 11 is 0. The van der Waals surface area contributed by atoms with Crippen LogP contribution in [0.5, 0.6) is 5.75 Å². The first-order valence-corrected chi connectivity index (χ1v) is 9.23. The first-order valence-electron chi connectivity index (χ1n) is 7.79. The van der Waals surface area contributed by atoms with Gasteiger partial charge in [-0.3, -0.25) is 9.88 Å². The summed E-state index contributed by atoms with van der Waals surface area (Å²) in [5.41, 5.74) is 0.627. The van der Waals surface area contributed by atoms with E-state index in [4.69, 9.17) is 0 Å². The fraction of sp³-hybridized carbons (Fsp3) is 0.438. The van der Waals surface area contributed by atoms with Crippen molar-refractivity contribution in [3.8, 4) is 5.75 Å². The molecule has 0 saturated carbocycles. The molecule has 0 amide bonds. The van der Waals surface area contributed by atoms with Crippen LogP contribution in [0.4, 0.5) is 0 Å². The predicted molar refractivity (Wildman–Crippen MR) is 88.1 cm³/mol. The van der Waals surface area contributed by atoms with E-state index in [-0.39, 0.29) is 5.75 Å². The molecule has 1 fully saturated rings. The zero-order chi connectivity index (χ0) is 16.3. The maximum atomic E-state index is 12.6. The van der Waals surface area contributed by atoms with Gasteiger partial charge in [-0.25, -0.2) is 8.42 Å². The van der Waals surface area contributed by atoms with Crippen molar-refractivity contribution in [1.82, 2.24) is 14.2 Å². The lowest BCUT2D eigenvalue weighted by Crippen LogP contribution is -2.48. The molecule has 7 heteroatoms. The molecule has 6 nitrogen and oxygen atoms in total. The summed E-state index contributed by atoms with van der Waals surface area (Å²) in [5, 5.41) is 9.78. The Labute approximate surface area is 136 Å². The summed E-state index contributed by atoms with van der Waals surface area (Å²) in [6, 6.07) is 3.31. The van der Waals surface area contributed by atoms with E-state index in [2.05, 4.69) is 9.88 Å². The lowest BCUT2D eigenvalue weighted by molar-refractivity contribution is 0.179. The summed E-state index contributed by atoms with van der Waals surface area (Å²) in [6.07, 6.45) is 8.75. The van der Waals surface area contributed by atoms with Crippen molar-refractivity contribution in [2.45, 2.75) is 19.4 Å². The molecular weight excluding hydrogens is 314 g/mol. The van der Waals surface area contributed by atoms with Crippen LogP contribution in [0.3, 0.4) is 0 Å². The first-order chi connectivity index (χ1) is 11.1. The van der Waals surface area contributed by atoms with Gasteiger partial charge in [0.15, 0.2) is 0 Å². The standard InChI is InChI=1S/C16H21N3O3S/c20-16-7-4-8-17-15(16)13-18-9-11-19(12-10-18)23(21,22)14-5-2-1-3-6-14/h2,4-8,20H,1,3,9-13H2. The average molecular weight is 335 g/mol. The van der Waals surface area contributed by atoms with E-state index in [1.807, 2.05) is 6.08 Å². The molecule has 2 heterocycles. The van der Waals surface area contributed by atoms with Crippen LogP contribution >= 0.6 is 0 Å². The number of allylic oxidation sites excluding steroid dienone is 3. The van der Waals surface area contributed by atoms with Gasteiger partial charge in [0.1, 0.15) is 5.75 Å². The van der Waals surface area contributed by atoms with Gasteiger partial charge >= 0.3 is 0 Å². The zero-order valence-electron chi connectivity index (χ0n) is 12.9.